The van der Waals surface area contributed by atoms with Gasteiger partial charge in [0.15, 0.2) is 0 Å². The van der Waals surface area contributed by atoms with Gasteiger partial charge in [-0.15, -0.1) is 5.92 Å². The second kappa shape index (κ2) is 8.00. The predicted octanol–water partition coefficient (Wildman–Crippen LogP) is 4.10. The third kappa shape index (κ3) is 3.92. The van der Waals surface area contributed by atoms with Gasteiger partial charge >= 0.3 is 5.97 Å². The van der Waals surface area contributed by atoms with Crippen LogP contribution in [0.25, 0.3) is 11.1 Å². The molecule has 0 N–H and O–H groups in total. The number of halogens is 1. The van der Waals surface area contributed by atoms with E-state index in [1.165, 1.54) is 7.11 Å². The van der Waals surface area contributed by atoms with Gasteiger partial charge in [-0.2, -0.15) is 0 Å². The molecule has 0 radical (unpaired) electrons. The van der Waals surface area contributed by atoms with Crippen LogP contribution >= 0.6 is 11.6 Å². The molecule has 2 heterocycles. The number of esters is 1. The molecule has 0 amide bonds. The molecule has 1 aliphatic rings. The molecule has 0 unspecified atom stereocenters. The van der Waals surface area contributed by atoms with Crippen molar-refractivity contribution in [3.8, 4) is 34.6 Å². The van der Waals surface area contributed by atoms with Crippen LogP contribution < -0.4 is 15.0 Å². The first-order valence-electron chi connectivity index (χ1n) is 9.55. The first-order valence-corrected chi connectivity index (χ1v) is 9.93. The molecule has 29 heavy (non-hydrogen) atoms. The third-order valence-electron chi connectivity index (χ3n) is 4.77. The predicted molar refractivity (Wildman–Crippen MR) is 113 cm³/mol. The second-order valence-corrected chi connectivity index (χ2v) is 8.40. The minimum absolute atomic E-state index is 0.212. The van der Waals surface area contributed by atoms with Gasteiger partial charge in [0.25, 0.3) is 5.56 Å². The zero-order valence-corrected chi connectivity index (χ0v) is 18.1. The van der Waals surface area contributed by atoms with Crippen LogP contribution in [0, 0.1) is 17.3 Å². The normalized spacial score (nSPS) is 13.3. The molecule has 2 aromatic rings. The van der Waals surface area contributed by atoms with Gasteiger partial charge in [-0.05, 0) is 52.7 Å². The highest BCUT2D eigenvalue weighted by atomic mass is 35.5. The van der Waals surface area contributed by atoms with Crippen molar-refractivity contribution in [1.82, 2.24) is 9.36 Å². The number of ether oxygens (including phenoxy) is 2. The van der Waals surface area contributed by atoms with E-state index in [1.54, 1.807) is 49.2 Å². The summed E-state index contributed by atoms with van der Waals surface area (Å²) in [7, 11) is 1.51. The molecular formula is C22H25ClN2O4. The Morgan fingerprint density at radius 1 is 1.14 bits per heavy atom. The van der Waals surface area contributed by atoms with Crippen LogP contribution in [0.3, 0.4) is 0 Å². The molecule has 154 valence electrons. The molecule has 0 saturated carbocycles. The Balaban J connectivity index is 2.30. The lowest BCUT2D eigenvalue weighted by Crippen LogP contribution is -2.29. The minimum atomic E-state index is -0.723. The first-order chi connectivity index (χ1) is 13.7. The Labute approximate surface area is 175 Å². The number of nitrogens with zero attached hydrogens (tertiary/aromatic N) is 2. The highest BCUT2D eigenvalue weighted by molar-refractivity contribution is 6.34. The van der Waals surface area contributed by atoms with Crippen molar-refractivity contribution in [3.63, 3.8) is 0 Å². The lowest BCUT2D eigenvalue weighted by atomic mass is 9.97. The Kier molecular flexibility index (Phi) is 5.81. The van der Waals surface area contributed by atoms with Crippen molar-refractivity contribution >= 4 is 17.6 Å². The zero-order valence-electron chi connectivity index (χ0n) is 17.4. The molecule has 1 aromatic heterocycles. The van der Waals surface area contributed by atoms with Gasteiger partial charge in [-0.1, -0.05) is 17.5 Å². The van der Waals surface area contributed by atoms with Crippen LogP contribution in [-0.2, 0) is 17.9 Å². The third-order valence-corrected chi connectivity index (χ3v) is 5.07. The quantitative estimate of drug-likeness (QED) is 0.558. The zero-order chi connectivity index (χ0) is 21.3. The molecule has 3 rings (SSSR count). The van der Waals surface area contributed by atoms with Crippen LogP contribution in [0.15, 0.2) is 16.9 Å². The van der Waals surface area contributed by atoms with E-state index in [9.17, 15) is 9.59 Å². The molecule has 0 fully saturated rings. The van der Waals surface area contributed by atoms with Crippen molar-refractivity contribution in [2.75, 3.05) is 7.11 Å². The molecule has 7 heteroatoms. The van der Waals surface area contributed by atoms with E-state index in [0.717, 1.165) is 12.8 Å². The Morgan fingerprint density at radius 2 is 1.79 bits per heavy atom. The van der Waals surface area contributed by atoms with Gasteiger partial charge in [0, 0.05) is 18.7 Å². The standard InChI is InChI=1S/C22H25ClN2O4/c1-6-9-14-12-15(23)17(16(13-14)28-5)18-19(26)24-10-7-8-11-25(24)20(18)29-21(27)22(2,3)4/h12-13H,7-8,10-11H2,1-5H3. The Bertz CT molecular complexity index is 1080. The number of carbonyl (C=O) groups is 1. The summed E-state index contributed by atoms with van der Waals surface area (Å²) in [5, 5.41) is 0.316. The van der Waals surface area contributed by atoms with E-state index in [1.807, 2.05) is 0 Å². The van der Waals surface area contributed by atoms with E-state index in [-0.39, 0.29) is 17.0 Å². The summed E-state index contributed by atoms with van der Waals surface area (Å²) in [4.78, 5) is 26.0. The summed E-state index contributed by atoms with van der Waals surface area (Å²) in [6, 6.07) is 3.42. The molecule has 0 aliphatic carbocycles. The van der Waals surface area contributed by atoms with Crippen molar-refractivity contribution in [2.24, 2.45) is 5.41 Å². The average molecular weight is 417 g/mol. The molecular weight excluding hydrogens is 392 g/mol. The van der Waals surface area contributed by atoms with E-state index in [2.05, 4.69) is 11.8 Å². The van der Waals surface area contributed by atoms with Crippen molar-refractivity contribution in [1.29, 1.82) is 0 Å². The van der Waals surface area contributed by atoms with Crippen LogP contribution in [-0.4, -0.2) is 22.4 Å². The number of fused-ring (bicyclic) bond motifs is 1. The smallest absolute Gasteiger partial charge is 0.317 e. The maximum absolute atomic E-state index is 13.3. The summed E-state index contributed by atoms with van der Waals surface area (Å²) >= 11 is 6.57. The Morgan fingerprint density at radius 3 is 2.38 bits per heavy atom. The molecule has 1 aliphatic heterocycles. The SMILES string of the molecule is CC#Cc1cc(Cl)c(-c2c(OC(=O)C(C)(C)C)n3n(c2=O)CCCC3)c(OC)c1. The first kappa shape index (κ1) is 21.1. The van der Waals surface area contributed by atoms with E-state index < -0.39 is 11.4 Å². The fourth-order valence-electron chi connectivity index (χ4n) is 3.30. The molecule has 1 aromatic carbocycles. The van der Waals surface area contributed by atoms with E-state index in [4.69, 9.17) is 21.1 Å². The van der Waals surface area contributed by atoms with Gasteiger partial charge in [-0.3, -0.25) is 14.3 Å². The monoisotopic (exact) mass is 416 g/mol. The summed E-state index contributed by atoms with van der Waals surface area (Å²) < 4.78 is 14.7. The van der Waals surface area contributed by atoms with Crippen LogP contribution in [0.5, 0.6) is 11.6 Å². The van der Waals surface area contributed by atoms with Crippen molar-refractivity contribution < 1.29 is 14.3 Å². The molecule has 0 bridgehead atoms. The number of aromatic nitrogens is 2. The largest absolute Gasteiger partial charge is 0.496 e. The molecule has 6 nitrogen and oxygen atoms in total. The minimum Gasteiger partial charge on any atom is -0.496 e. The fourth-order valence-corrected chi connectivity index (χ4v) is 3.60. The van der Waals surface area contributed by atoms with Gasteiger partial charge in [0.2, 0.25) is 5.88 Å². The summed E-state index contributed by atoms with van der Waals surface area (Å²) in [5.41, 5.74) is 0.347. The number of hydrogen-bond donors (Lipinski definition) is 0. The highest BCUT2D eigenvalue weighted by Crippen LogP contribution is 2.41. The van der Waals surface area contributed by atoms with Crippen LogP contribution in [0.1, 0.15) is 46.1 Å². The number of hydrogen-bond acceptors (Lipinski definition) is 4. The lowest BCUT2D eigenvalue weighted by Gasteiger charge is -2.21. The topological polar surface area (TPSA) is 62.5 Å². The number of methoxy groups -OCH3 is 1. The maximum atomic E-state index is 13.3. The van der Waals surface area contributed by atoms with Crippen LogP contribution in [0.4, 0.5) is 0 Å². The molecule has 0 spiro atoms. The van der Waals surface area contributed by atoms with E-state index in [0.29, 0.717) is 35.0 Å². The second-order valence-electron chi connectivity index (χ2n) is 7.99. The van der Waals surface area contributed by atoms with Gasteiger partial charge in [0.1, 0.15) is 11.3 Å². The summed E-state index contributed by atoms with van der Waals surface area (Å²) in [6.07, 6.45) is 1.77. The van der Waals surface area contributed by atoms with Gasteiger partial charge < -0.3 is 9.47 Å². The number of benzene rings is 1. The highest BCUT2D eigenvalue weighted by Gasteiger charge is 2.32. The summed E-state index contributed by atoms with van der Waals surface area (Å²) in [5.74, 6) is 5.96. The van der Waals surface area contributed by atoms with Gasteiger partial charge in [-0.25, -0.2) is 4.68 Å². The molecule has 0 saturated heterocycles. The average Bonchev–Trinajstić information content (AvgIpc) is 2.93. The van der Waals surface area contributed by atoms with Crippen LogP contribution in [0.2, 0.25) is 5.02 Å². The number of carbonyl (C=O) groups excluding carboxylic acids is 1. The van der Waals surface area contributed by atoms with Gasteiger partial charge in [0.05, 0.1) is 23.1 Å². The summed E-state index contributed by atoms with van der Waals surface area (Å²) in [6.45, 7) is 8.18. The number of rotatable bonds is 3. The van der Waals surface area contributed by atoms with Crippen molar-refractivity contribution in [3.05, 3.63) is 33.1 Å². The Hall–Kier alpha value is -2.65. The maximum Gasteiger partial charge on any atom is 0.317 e. The van der Waals surface area contributed by atoms with E-state index >= 15 is 0 Å². The fraction of sp³-hybridized carbons (Fsp3) is 0.455. The molecule has 0 atom stereocenters. The van der Waals surface area contributed by atoms with Crippen molar-refractivity contribution in [2.45, 2.75) is 53.6 Å². The lowest BCUT2D eigenvalue weighted by molar-refractivity contribution is -0.143.